The van der Waals surface area contributed by atoms with E-state index in [1.165, 1.54) is 18.3 Å². The van der Waals surface area contributed by atoms with E-state index in [-0.39, 0.29) is 29.0 Å². The summed E-state index contributed by atoms with van der Waals surface area (Å²) in [7, 11) is -3.80. The molecule has 0 unspecified atom stereocenters. The molecule has 0 saturated carbocycles. The minimum absolute atomic E-state index is 0.0244. The van der Waals surface area contributed by atoms with E-state index in [1.54, 1.807) is 4.68 Å². The molecule has 0 aliphatic carbocycles. The summed E-state index contributed by atoms with van der Waals surface area (Å²) in [5.41, 5.74) is 2.85. The van der Waals surface area contributed by atoms with Gasteiger partial charge < -0.3 is 5.32 Å². The molecule has 0 bridgehead atoms. The Morgan fingerprint density at radius 2 is 1.83 bits per heavy atom. The molecule has 1 aromatic heterocycles. The standard InChI is InChI=1S/C21H28FN3O3S/c1-13(2)17-7-15(22)8-18(14(3)4)19(17)9-16(26)12-29(27,28)21-11-24-25-6-5-23-10-20(21)25/h7-8,11,13-14,23H,5-6,9-10,12H2,1-4H3. The predicted octanol–water partition coefficient (Wildman–Crippen LogP) is 2.96. The van der Waals surface area contributed by atoms with Crippen molar-refractivity contribution in [2.75, 3.05) is 12.3 Å². The van der Waals surface area contributed by atoms with Crippen molar-refractivity contribution in [1.29, 1.82) is 0 Å². The van der Waals surface area contributed by atoms with Crippen LogP contribution in [0.25, 0.3) is 0 Å². The highest BCUT2D eigenvalue weighted by Crippen LogP contribution is 2.30. The van der Waals surface area contributed by atoms with Gasteiger partial charge in [-0.2, -0.15) is 5.10 Å². The van der Waals surface area contributed by atoms with E-state index in [1.807, 2.05) is 27.7 Å². The van der Waals surface area contributed by atoms with Crippen LogP contribution in [-0.4, -0.2) is 36.3 Å². The molecule has 158 valence electrons. The van der Waals surface area contributed by atoms with Crippen LogP contribution in [0.1, 0.15) is 61.9 Å². The van der Waals surface area contributed by atoms with Gasteiger partial charge in [0, 0.05) is 19.5 Å². The van der Waals surface area contributed by atoms with Gasteiger partial charge in [0.05, 0.1) is 18.4 Å². The highest BCUT2D eigenvalue weighted by Gasteiger charge is 2.28. The summed E-state index contributed by atoms with van der Waals surface area (Å²) in [4.78, 5) is 12.9. The lowest BCUT2D eigenvalue weighted by Crippen LogP contribution is -2.30. The Morgan fingerprint density at radius 1 is 1.21 bits per heavy atom. The Hall–Kier alpha value is -2.06. The molecule has 1 aliphatic heterocycles. The second-order valence-corrected chi connectivity index (χ2v) is 10.2. The first-order valence-electron chi connectivity index (χ1n) is 9.92. The zero-order valence-corrected chi connectivity index (χ0v) is 18.1. The number of aromatic nitrogens is 2. The quantitative estimate of drug-likeness (QED) is 0.743. The molecule has 0 radical (unpaired) electrons. The number of fused-ring (bicyclic) bond motifs is 1. The fraction of sp³-hybridized carbons (Fsp3) is 0.524. The molecular weight excluding hydrogens is 393 g/mol. The molecule has 0 spiro atoms. The topological polar surface area (TPSA) is 81.1 Å². The lowest BCUT2D eigenvalue weighted by atomic mass is 9.86. The van der Waals surface area contributed by atoms with Gasteiger partial charge in [-0.1, -0.05) is 27.7 Å². The summed E-state index contributed by atoms with van der Waals surface area (Å²) in [6, 6.07) is 2.90. The molecule has 29 heavy (non-hydrogen) atoms. The summed E-state index contributed by atoms with van der Waals surface area (Å²) >= 11 is 0. The number of Topliss-reactive ketones (excluding diaryl/α,β-unsaturated/α-hetero) is 1. The number of benzene rings is 1. The highest BCUT2D eigenvalue weighted by molar-refractivity contribution is 7.92. The number of carbonyl (C=O) groups excluding carboxylic acids is 1. The Kier molecular flexibility index (Phi) is 6.24. The van der Waals surface area contributed by atoms with E-state index >= 15 is 0 Å². The van der Waals surface area contributed by atoms with Crippen LogP contribution in [0.15, 0.2) is 23.2 Å². The Morgan fingerprint density at radius 3 is 2.41 bits per heavy atom. The zero-order valence-electron chi connectivity index (χ0n) is 17.3. The first-order chi connectivity index (χ1) is 13.6. The minimum atomic E-state index is -3.80. The van der Waals surface area contributed by atoms with Gasteiger partial charge in [-0.05, 0) is 40.7 Å². The van der Waals surface area contributed by atoms with Crippen LogP contribution in [0, 0.1) is 5.82 Å². The van der Waals surface area contributed by atoms with E-state index in [9.17, 15) is 17.6 Å². The molecule has 0 fully saturated rings. The fourth-order valence-electron chi connectivity index (χ4n) is 3.87. The van der Waals surface area contributed by atoms with Gasteiger partial charge in [0.25, 0.3) is 0 Å². The van der Waals surface area contributed by atoms with E-state index < -0.39 is 21.4 Å². The SMILES string of the molecule is CC(C)c1cc(F)cc(C(C)C)c1CC(=O)CS(=O)(=O)c1cnn2c1CNCC2. The molecular formula is C21H28FN3O3S. The lowest BCUT2D eigenvalue weighted by molar-refractivity contribution is -0.116. The Bertz CT molecular complexity index is 997. The molecule has 2 heterocycles. The van der Waals surface area contributed by atoms with Crippen molar-refractivity contribution in [1.82, 2.24) is 15.1 Å². The third kappa shape index (κ3) is 4.59. The van der Waals surface area contributed by atoms with Gasteiger partial charge in [-0.25, -0.2) is 12.8 Å². The maximum atomic E-state index is 14.1. The summed E-state index contributed by atoms with van der Waals surface area (Å²) in [6.45, 7) is 9.50. The average molecular weight is 422 g/mol. The normalized spacial score (nSPS) is 14.4. The van der Waals surface area contributed by atoms with Crippen LogP contribution >= 0.6 is 0 Å². The van der Waals surface area contributed by atoms with Crippen LogP contribution in [0.2, 0.25) is 0 Å². The van der Waals surface area contributed by atoms with E-state index in [0.29, 0.717) is 18.8 Å². The van der Waals surface area contributed by atoms with Crippen molar-refractivity contribution in [2.24, 2.45) is 0 Å². The smallest absolute Gasteiger partial charge is 0.188 e. The number of carbonyl (C=O) groups is 1. The van der Waals surface area contributed by atoms with Crippen molar-refractivity contribution in [3.05, 3.63) is 46.5 Å². The number of hydrogen-bond acceptors (Lipinski definition) is 5. The number of nitrogens with zero attached hydrogens (tertiary/aromatic N) is 2. The largest absolute Gasteiger partial charge is 0.309 e. The monoisotopic (exact) mass is 421 g/mol. The van der Waals surface area contributed by atoms with E-state index in [0.717, 1.165) is 23.2 Å². The molecule has 6 nitrogen and oxygen atoms in total. The zero-order chi connectivity index (χ0) is 21.3. The number of hydrogen-bond donors (Lipinski definition) is 1. The molecule has 0 atom stereocenters. The number of sulfone groups is 1. The predicted molar refractivity (Wildman–Crippen MR) is 109 cm³/mol. The summed E-state index contributed by atoms with van der Waals surface area (Å²) in [5, 5.41) is 7.28. The van der Waals surface area contributed by atoms with Crippen LogP contribution in [0.3, 0.4) is 0 Å². The maximum absolute atomic E-state index is 14.1. The van der Waals surface area contributed by atoms with Gasteiger partial charge in [-0.15, -0.1) is 0 Å². The van der Waals surface area contributed by atoms with Gasteiger partial charge >= 0.3 is 0 Å². The third-order valence-electron chi connectivity index (χ3n) is 5.29. The molecule has 1 aliphatic rings. The second-order valence-electron chi connectivity index (χ2n) is 8.20. The fourth-order valence-corrected chi connectivity index (χ4v) is 5.29. The lowest BCUT2D eigenvalue weighted by Gasteiger charge is -2.20. The van der Waals surface area contributed by atoms with Crippen LogP contribution in [0.5, 0.6) is 0 Å². The van der Waals surface area contributed by atoms with E-state index in [4.69, 9.17) is 0 Å². The van der Waals surface area contributed by atoms with Gasteiger partial charge in [0.15, 0.2) is 15.6 Å². The van der Waals surface area contributed by atoms with Crippen LogP contribution < -0.4 is 5.32 Å². The number of ketones is 1. The van der Waals surface area contributed by atoms with Crippen molar-refractivity contribution in [3.63, 3.8) is 0 Å². The number of halogens is 1. The maximum Gasteiger partial charge on any atom is 0.188 e. The third-order valence-corrected chi connectivity index (χ3v) is 7.00. The summed E-state index contributed by atoms with van der Waals surface area (Å²) < 4.78 is 41.5. The molecule has 8 heteroatoms. The van der Waals surface area contributed by atoms with Gasteiger partial charge in [-0.3, -0.25) is 9.48 Å². The molecule has 3 rings (SSSR count). The van der Waals surface area contributed by atoms with Crippen LogP contribution in [-0.2, 0) is 34.1 Å². The number of rotatable bonds is 7. The molecule has 1 aromatic carbocycles. The molecule has 0 amide bonds. The number of nitrogens with one attached hydrogen (secondary N) is 1. The van der Waals surface area contributed by atoms with Crippen molar-refractivity contribution in [3.8, 4) is 0 Å². The first kappa shape index (κ1) is 21.6. The minimum Gasteiger partial charge on any atom is -0.309 e. The van der Waals surface area contributed by atoms with Gasteiger partial charge in [0.1, 0.15) is 16.5 Å². The molecule has 0 saturated heterocycles. The molecule has 1 N–H and O–H groups in total. The van der Waals surface area contributed by atoms with Crippen molar-refractivity contribution < 1.29 is 17.6 Å². The average Bonchev–Trinajstić information content (AvgIpc) is 3.07. The second kappa shape index (κ2) is 8.36. The summed E-state index contributed by atoms with van der Waals surface area (Å²) in [5.74, 6) is -1.27. The summed E-state index contributed by atoms with van der Waals surface area (Å²) in [6.07, 6.45) is 1.31. The Labute approximate surface area is 171 Å². The van der Waals surface area contributed by atoms with Crippen LogP contribution in [0.4, 0.5) is 4.39 Å². The highest BCUT2D eigenvalue weighted by atomic mass is 32.2. The van der Waals surface area contributed by atoms with E-state index in [2.05, 4.69) is 10.4 Å². The Balaban J connectivity index is 1.88. The molecule has 2 aromatic rings. The van der Waals surface area contributed by atoms with Gasteiger partial charge in [0.2, 0.25) is 0 Å². The van der Waals surface area contributed by atoms with Crippen molar-refractivity contribution in [2.45, 2.75) is 63.9 Å². The van der Waals surface area contributed by atoms with Crippen molar-refractivity contribution >= 4 is 15.6 Å². The first-order valence-corrected chi connectivity index (χ1v) is 11.6.